The first-order valence-electron chi connectivity index (χ1n) is 10.0. The van der Waals surface area contributed by atoms with Gasteiger partial charge < -0.3 is 20.5 Å². The third-order valence-corrected chi connectivity index (χ3v) is 5.48. The number of carboxylic acid groups (broad SMARTS) is 1. The number of fused-ring (bicyclic) bond motifs is 3. The van der Waals surface area contributed by atoms with Gasteiger partial charge in [0.2, 0.25) is 5.91 Å². The second-order valence-corrected chi connectivity index (χ2v) is 7.52. The number of hydrogen-bond acceptors (Lipinski definition) is 5. The average Bonchev–Trinajstić information content (AvgIpc) is 3.30. The summed E-state index contributed by atoms with van der Waals surface area (Å²) in [5.41, 5.74) is 4.27. The van der Waals surface area contributed by atoms with Crippen LogP contribution in [-0.4, -0.2) is 45.5 Å². The first-order valence-corrected chi connectivity index (χ1v) is 10.0. The summed E-state index contributed by atoms with van der Waals surface area (Å²) in [4.78, 5) is 36.1. The summed E-state index contributed by atoms with van der Waals surface area (Å²) in [6.45, 7) is 1.60. The molecule has 2 aromatic carbocycles. The van der Waals surface area contributed by atoms with Gasteiger partial charge in [-0.1, -0.05) is 48.5 Å². The van der Waals surface area contributed by atoms with Crippen LogP contribution in [0.15, 0.2) is 54.7 Å². The van der Waals surface area contributed by atoms with Gasteiger partial charge in [0.1, 0.15) is 24.0 Å². The summed E-state index contributed by atoms with van der Waals surface area (Å²) >= 11 is 0. The lowest BCUT2D eigenvalue weighted by Gasteiger charge is -2.17. The fourth-order valence-corrected chi connectivity index (χ4v) is 3.85. The minimum atomic E-state index is -1.22. The molecule has 0 aliphatic heterocycles. The van der Waals surface area contributed by atoms with Gasteiger partial charge in [-0.2, -0.15) is 5.10 Å². The van der Waals surface area contributed by atoms with Gasteiger partial charge >= 0.3 is 12.1 Å². The smallest absolute Gasteiger partial charge is 0.407 e. The Balaban J connectivity index is 1.38. The van der Waals surface area contributed by atoms with Crippen molar-refractivity contribution in [3.05, 3.63) is 71.4 Å². The molecule has 9 heteroatoms. The summed E-state index contributed by atoms with van der Waals surface area (Å²) in [6.07, 6.45) is 0.402. The van der Waals surface area contributed by atoms with Crippen molar-refractivity contribution in [2.75, 3.05) is 11.9 Å². The van der Waals surface area contributed by atoms with Gasteiger partial charge in [0.25, 0.3) is 0 Å². The van der Waals surface area contributed by atoms with Crippen molar-refractivity contribution >= 4 is 23.8 Å². The molecule has 0 bridgehead atoms. The number of nitrogens with one attached hydrogen (secondary N) is 2. The third kappa shape index (κ3) is 3.92. The number of carbonyl (C=O) groups excluding carboxylic acids is 2. The molecule has 1 heterocycles. The molecule has 0 saturated heterocycles. The molecule has 32 heavy (non-hydrogen) atoms. The predicted octanol–water partition coefficient (Wildman–Crippen LogP) is 2.98. The van der Waals surface area contributed by atoms with Gasteiger partial charge in [-0.25, -0.2) is 9.59 Å². The minimum absolute atomic E-state index is 0.0312. The first kappa shape index (κ1) is 21.1. The summed E-state index contributed by atoms with van der Waals surface area (Å²) in [7, 11) is 1.51. The van der Waals surface area contributed by atoms with Gasteiger partial charge in [-0.3, -0.25) is 9.48 Å². The van der Waals surface area contributed by atoms with Crippen LogP contribution in [0.1, 0.15) is 34.3 Å². The van der Waals surface area contributed by atoms with Crippen molar-refractivity contribution in [2.45, 2.75) is 18.9 Å². The zero-order valence-corrected chi connectivity index (χ0v) is 17.5. The van der Waals surface area contributed by atoms with Gasteiger partial charge in [-0.15, -0.1) is 0 Å². The van der Waals surface area contributed by atoms with E-state index in [-0.39, 0.29) is 23.9 Å². The van der Waals surface area contributed by atoms with Crippen molar-refractivity contribution < 1.29 is 24.2 Å². The number of alkyl carbamates (subject to hydrolysis) is 1. The molecule has 164 valence electrons. The Bertz CT molecular complexity index is 1160. The highest BCUT2D eigenvalue weighted by Crippen LogP contribution is 2.44. The molecule has 3 N–H and O–H groups in total. The van der Waals surface area contributed by atoms with E-state index in [1.165, 1.54) is 18.7 Å². The van der Waals surface area contributed by atoms with Crippen LogP contribution in [0, 0.1) is 0 Å². The quantitative estimate of drug-likeness (QED) is 0.548. The first-order chi connectivity index (χ1) is 15.4. The van der Waals surface area contributed by atoms with Crippen molar-refractivity contribution in [3.63, 3.8) is 0 Å². The molecule has 1 aliphatic carbocycles. The number of rotatable bonds is 6. The lowest BCUT2D eigenvalue weighted by Crippen LogP contribution is -2.42. The van der Waals surface area contributed by atoms with Crippen molar-refractivity contribution in [1.29, 1.82) is 0 Å². The fraction of sp³-hybridized carbons (Fsp3) is 0.217. The number of benzene rings is 2. The van der Waals surface area contributed by atoms with Crippen LogP contribution in [-0.2, 0) is 16.6 Å². The molecule has 1 atom stereocenters. The molecule has 0 spiro atoms. The number of carbonyl (C=O) groups is 3. The lowest BCUT2D eigenvalue weighted by molar-refractivity contribution is -0.117. The Labute approximate surface area is 184 Å². The van der Waals surface area contributed by atoms with E-state index < -0.39 is 24.0 Å². The summed E-state index contributed by atoms with van der Waals surface area (Å²) in [6, 6.07) is 15.0. The van der Waals surface area contributed by atoms with Crippen LogP contribution in [0.25, 0.3) is 11.1 Å². The van der Waals surface area contributed by atoms with Crippen molar-refractivity contribution in [1.82, 2.24) is 15.1 Å². The number of aromatic carboxylic acids is 1. The standard InChI is InChI=1S/C23H22N4O5/c1-13(21(28)26-20-18(22(29)30)11-24-27(20)2)25-23(31)32-12-19-16-9-5-3-7-14(16)15-8-4-6-10-17(15)19/h3-11,13,19H,12H2,1-2H3,(H,25,31)(H,26,28)(H,29,30). The van der Waals surface area contributed by atoms with E-state index in [4.69, 9.17) is 4.74 Å². The molecular formula is C23H22N4O5. The van der Waals surface area contributed by atoms with Crippen LogP contribution in [0.2, 0.25) is 0 Å². The molecule has 1 aliphatic rings. The van der Waals surface area contributed by atoms with E-state index in [1.54, 1.807) is 0 Å². The number of carboxylic acids is 1. The van der Waals surface area contributed by atoms with Crippen LogP contribution >= 0.6 is 0 Å². The maximum Gasteiger partial charge on any atom is 0.407 e. The summed E-state index contributed by atoms with van der Waals surface area (Å²) < 4.78 is 6.68. The third-order valence-electron chi connectivity index (χ3n) is 5.48. The van der Waals surface area contributed by atoms with Crippen LogP contribution in [0.5, 0.6) is 0 Å². The highest BCUT2D eigenvalue weighted by molar-refractivity contribution is 6.01. The summed E-state index contributed by atoms with van der Waals surface area (Å²) in [5, 5.41) is 18.0. The Morgan fingerprint density at radius 1 is 1.09 bits per heavy atom. The van der Waals surface area contributed by atoms with E-state index in [0.717, 1.165) is 28.5 Å². The molecule has 9 nitrogen and oxygen atoms in total. The van der Waals surface area contributed by atoms with E-state index in [2.05, 4.69) is 15.7 Å². The molecule has 1 aromatic heterocycles. The number of hydrogen-bond donors (Lipinski definition) is 3. The normalized spacial score (nSPS) is 13.1. The molecule has 2 amide bonds. The number of aromatic nitrogens is 2. The number of nitrogens with zero attached hydrogens (tertiary/aromatic N) is 2. The van der Waals surface area contributed by atoms with Gasteiger partial charge in [-0.05, 0) is 29.2 Å². The SMILES string of the molecule is CC(NC(=O)OCC1c2ccccc2-c2ccccc21)C(=O)Nc1c(C(=O)O)cnn1C. The van der Waals surface area contributed by atoms with Crippen LogP contribution in [0.4, 0.5) is 10.6 Å². The monoisotopic (exact) mass is 434 g/mol. The Morgan fingerprint density at radius 3 is 2.28 bits per heavy atom. The maximum absolute atomic E-state index is 12.4. The highest BCUT2D eigenvalue weighted by atomic mass is 16.5. The average molecular weight is 434 g/mol. The topological polar surface area (TPSA) is 123 Å². The Hall–Kier alpha value is -4.14. The van der Waals surface area contributed by atoms with E-state index in [0.29, 0.717) is 0 Å². The molecule has 1 unspecified atom stereocenters. The Morgan fingerprint density at radius 2 is 1.69 bits per heavy atom. The van der Waals surface area contributed by atoms with E-state index in [9.17, 15) is 19.5 Å². The fourth-order valence-electron chi connectivity index (χ4n) is 3.85. The van der Waals surface area contributed by atoms with Crippen molar-refractivity contribution in [3.8, 4) is 11.1 Å². The van der Waals surface area contributed by atoms with Gasteiger partial charge in [0.15, 0.2) is 0 Å². The molecule has 0 radical (unpaired) electrons. The second kappa shape index (κ2) is 8.54. The Kier molecular flexibility index (Phi) is 5.63. The molecular weight excluding hydrogens is 412 g/mol. The van der Waals surface area contributed by atoms with E-state index in [1.807, 2.05) is 48.5 Å². The zero-order valence-electron chi connectivity index (χ0n) is 17.5. The number of anilines is 1. The molecule has 4 rings (SSSR count). The number of ether oxygens (including phenoxy) is 1. The van der Waals surface area contributed by atoms with Crippen LogP contribution in [0.3, 0.4) is 0 Å². The van der Waals surface area contributed by atoms with E-state index >= 15 is 0 Å². The number of aryl methyl sites for hydroxylation is 1. The molecule has 0 saturated carbocycles. The van der Waals surface area contributed by atoms with Crippen molar-refractivity contribution in [2.24, 2.45) is 7.05 Å². The maximum atomic E-state index is 12.4. The van der Waals surface area contributed by atoms with Crippen LogP contribution < -0.4 is 10.6 Å². The lowest BCUT2D eigenvalue weighted by atomic mass is 9.98. The highest BCUT2D eigenvalue weighted by Gasteiger charge is 2.29. The summed E-state index contributed by atoms with van der Waals surface area (Å²) in [5.74, 6) is -1.87. The largest absolute Gasteiger partial charge is 0.477 e. The predicted molar refractivity (Wildman–Crippen MR) is 116 cm³/mol. The second-order valence-electron chi connectivity index (χ2n) is 7.52. The minimum Gasteiger partial charge on any atom is -0.477 e. The number of amides is 2. The van der Waals surface area contributed by atoms with Gasteiger partial charge in [0.05, 0.1) is 6.20 Å². The van der Waals surface area contributed by atoms with Gasteiger partial charge in [0, 0.05) is 13.0 Å². The molecule has 0 fully saturated rings. The zero-order chi connectivity index (χ0) is 22.8. The molecule has 3 aromatic rings.